The molecule has 0 radical (unpaired) electrons. The van der Waals surface area contributed by atoms with Gasteiger partial charge in [0.2, 0.25) is 0 Å². The molecular formula is C19H25N5O2. The van der Waals surface area contributed by atoms with Crippen molar-refractivity contribution in [2.24, 2.45) is 0 Å². The van der Waals surface area contributed by atoms with E-state index >= 15 is 0 Å². The monoisotopic (exact) mass is 355 g/mol. The van der Waals surface area contributed by atoms with Crippen molar-refractivity contribution in [3.63, 3.8) is 0 Å². The topological polar surface area (TPSA) is 82.2 Å². The fourth-order valence-electron chi connectivity index (χ4n) is 3.45. The lowest BCUT2D eigenvalue weighted by Crippen LogP contribution is -2.36. The van der Waals surface area contributed by atoms with Crippen molar-refractivity contribution in [3.05, 3.63) is 58.0 Å². The van der Waals surface area contributed by atoms with E-state index in [1.54, 1.807) is 13.0 Å². The highest BCUT2D eigenvalue weighted by molar-refractivity contribution is 5.92. The van der Waals surface area contributed by atoms with Crippen LogP contribution in [0, 0.1) is 6.92 Å². The molecule has 1 N–H and O–H groups in total. The van der Waals surface area contributed by atoms with Crippen LogP contribution in [0.25, 0.3) is 0 Å². The fourth-order valence-corrected chi connectivity index (χ4v) is 3.45. The Hall–Kier alpha value is -2.54. The van der Waals surface area contributed by atoms with Gasteiger partial charge in [0, 0.05) is 37.6 Å². The third kappa shape index (κ3) is 4.54. The van der Waals surface area contributed by atoms with Gasteiger partial charge in [-0.3, -0.25) is 14.7 Å². The summed E-state index contributed by atoms with van der Waals surface area (Å²) < 4.78 is 0. The van der Waals surface area contributed by atoms with Crippen LogP contribution in [0.3, 0.4) is 0 Å². The van der Waals surface area contributed by atoms with Gasteiger partial charge in [0.15, 0.2) is 0 Å². The number of carbonyl (C=O) groups excluding carboxylic acids is 1. The van der Waals surface area contributed by atoms with Crippen LogP contribution in [-0.4, -0.2) is 56.8 Å². The van der Waals surface area contributed by atoms with E-state index in [-0.39, 0.29) is 11.6 Å². The minimum absolute atomic E-state index is 0.160. The third-order valence-corrected chi connectivity index (χ3v) is 4.84. The number of hydrogen-bond acceptors (Lipinski definition) is 5. The predicted octanol–water partition coefficient (Wildman–Crippen LogP) is 1.60. The molecule has 0 spiro atoms. The average molecular weight is 355 g/mol. The van der Waals surface area contributed by atoms with Crippen LogP contribution < -0.4 is 5.69 Å². The lowest BCUT2D eigenvalue weighted by atomic mass is 10.1. The molecular weight excluding hydrogens is 330 g/mol. The maximum Gasteiger partial charge on any atom is 0.345 e. The molecule has 7 heteroatoms. The van der Waals surface area contributed by atoms with E-state index in [1.807, 2.05) is 29.3 Å². The Morgan fingerprint density at radius 2 is 2.19 bits per heavy atom. The molecule has 1 fully saturated rings. The first-order chi connectivity index (χ1) is 12.5. The first-order valence-corrected chi connectivity index (χ1v) is 9.00. The van der Waals surface area contributed by atoms with Crippen molar-refractivity contribution in [2.75, 3.05) is 20.1 Å². The third-order valence-electron chi connectivity index (χ3n) is 4.84. The maximum atomic E-state index is 12.7. The van der Waals surface area contributed by atoms with Gasteiger partial charge in [-0.15, -0.1) is 0 Å². The zero-order chi connectivity index (χ0) is 18.5. The second-order valence-electron chi connectivity index (χ2n) is 6.87. The number of nitrogens with one attached hydrogen (secondary N) is 1. The lowest BCUT2D eigenvalue weighted by Gasteiger charge is -2.27. The summed E-state index contributed by atoms with van der Waals surface area (Å²) >= 11 is 0. The largest absolute Gasteiger partial charge is 0.345 e. The predicted molar refractivity (Wildman–Crippen MR) is 98.8 cm³/mol. The number of amides is 1. The molecule has 0 aromatic carbocycles. The van der Waals surface area contributed by atoms with Crippen LogP contribution in [0.4, 0.5) is 0 Å². The molecule has 1 aliphatic rings. The molecule has 1 amide bonds. The standard InChI is InChI=1S/C19H25N5O2/c1-14-12-17(22-19(26)21-14)18(25)24-10-5-7-16(8-11-24)23(2)13-15-6-3-4-9-20-15/h3-4,6,9,12,16H,5,7-8,10-11,13H2,1-2H3,(H,21,22,26). The summed E-state index contributed by atoms with van der Waals surface area (Å²) in [7, 11) is 2.11. The Bertz CT molecular complexity index is 805. The number of aromatic amines is 1. The molecule has 0 bridgehead atoms. The van der Waals surface area contributed by atoms with Gasteiger partial charge in [0.1, 0.15) is 5.69 Å². The van der Waals surface area contributed by atoms with Crippen molar-refractivity contribution < 1.29 is 4.79 Å². The molecule has 7 nitrogen and oxygen atoms in total. The first kappa shape index (κ1) is 18.3. The lowest BCUT2D eigenvalue weighted by molar-refractivity contribution is 0.0750. The Kier molecular flexibility index (Phi) is 5.78. The zero-order valence-electron chi connectivity index (χ0n) is 15.3. The first-order valence-electron chi connectivity index (χ1n) is 9.00. The summed E-state index contributed by atoms with van der Waals surface area (Å²) in [5, 5.41) is 0. The Labute approximate surface area is 153 Å². The number of nitrogens with zero attached hydrogens (tertiary/aromatic N) is 4. The van der Waals surface area contributed by atoms with E-state index in [9.17, 15) is 9.59 Å². The van der Waals surface area contributed by atoms with Crippen molar-refractivity contribution in [2.45, 2.75) is 38.8 Å². The molecule has 1 aliphatic heterocycles. The fraction of sp³-hybridized carbons (Fsp3) is 0.474. The van der Waals surface area contributed by atoms with Crippen LogP contribution in [-0.2, 0) is 6.54 Å². The summed E-state index contributed by atoms with van der Waals surface area (Å²) in [6.07, 6.45) is 4.69. The van der Waals surface area contributed by atoms with Crippen LogP contribution in [0.5, 0.6) is 0 Å². The van der Waals surface area contributed by atoms with Crippen LogP contribution in [0.2, 0.25) is 0 Å². The molecule has 0 aliphatic carbocycles. The number of aryl methyl sites for hydroxylation is 1. The molecule has 1 saturated heterocycles. The molecule has 2 aromatic heterocycles. The minimum Gasteiger partial charge on any atom is -0.337 e. The van der Waals surface area contributed by atoms with Gasteiger partial charge in [0.05, 0.1) is 5.69 Å². The Morgan fingerprint density at radius 1 is 1.35 bits per heavy atom. The van der Waals surface area contributed by atoms with Crippen LogP contribution in [0.1, 0.15) is 41.1 Å². The smallest absolute Gasteiger partial charge is 0.337 e. The SMILES string of the molecule is Cc1cc(C(=O)N2CCCC(N(C)Cc3ccccn3)CC2)nc(=O)[nH]1. The Balaban J connectivity index is 1.62. The molecule has 3 heterocycles. The number of likely N-dealkylation sites (tertiary alicyclic amines) is 1. The second-order valence-corrected chi connectivity index (χ2v) is 6.87. The van der Waals surface area contributed by atoms with Gasteiger partial charge in [-0.2, -0.15) is 4.98 Å². The average Bonchev–Trinajstić information content (AvgIpc) is 2.87. The van der Waals surface area contributed by atoms with Crippen LogP contribution >= 0.6 is 0 Å². The number of pyridine rings is 1. The molecule has 1 unspecified atom stereocenters. The minimum atomic E-state index is -0.476. The highest BCUT2D eigenvalue weighted by atomic mass is 16.2. The van der Waals surface area contributed by atoms with Crippen molar-refractivity contribution in [1.29, 1.82) is 0 Å². The van der Waals surface area contributed by atoms with E-state index in [0.717, 1.165) is 31.5 Å². The van der Waals surface area contributed by atoms with Gasteiger partial charge in [-0.1, -0.05) is 6.07 Å². The number of hydrogen-bond donors (Lipinski definition) is 1. The van der Waals surface area contributed by atoms with E-state index in [0.29, 0.717) is 24.8 Å². The number of carbonyl (C=O) groups is 1. The molecule has 138 valence electrons. The second kappa shape index (κ2) is 8.23. The normalized spacial score (nSPS) is 18.0. The maximum absolute atomic E-state index is 12.7. The van der Waals surface area contributed by atoms with E-state index < -0.39 is 5.69 Å². The van der Waals surface area contributed by atoms with Gasteiger partial charge in [0.25, 0.3) is 5.91 Å². The molecule has 0 saturated carbocycles. The summed E-state index contributed by atoms with van der Waals surface area (Å²) in [5.41, 5.74) is 1.45. The van der Waals surface area contributed by atoms with Crippen molar-refractivity contribution in [1.82, 2.24) is 24.8 Å². The number of H-pyrrole nitrogens is 1. The summed E-state index contributed by atoms with van der Waals surface area (Å²) in [6.45, 7) is 3.92. The quantitative estimate of drug-likeness (QED) is 0.901. The van der Waals surface area contributed by atoms with Gasteiger partial charge < -0.3 is 9.88 Å². The van der Waals surface area contributed by atoms with Crippen molar-refractivity contribution in [3.8, 4) is 0 Å². The number of rotatable bonds is 4. The number of aromatic nitrogens is 3. The molecule has 2 aromatic rings. The van der Waals surface area contributed by atoms with Crippen LogP contribution in [0.15, 0.2) is 35.3 Å². The zero-order valence-corrected chi connectivity index (χ0v) is 15.3. The van der Waals surface area contributed by atoms with E-state index in [4.69, 9.17) is 0 Å². The van der Waals surface area contributed by atoms with Gasteiger partial charge in [-0.05, 0) is 51.4 Å². The molecule has 1 atom stereocenters. The Morgan fingerprint density at radius 3 is 2.92 bits per heavy atom. The summed E-state index contributed by atoms with van der Waals surface area (Å²) in [4.78, 5) is 39.2. The van der Waals surface area contributed by atoms with Crippen molar-refractivity contribution >= 4 is 5.91 Å². The van der Waals surface area contributed by atoms with E-state index in [1.165, 1.54) is 0 Å². The molecule has 26 heavy (non-hydrogen) atoms. The summed E-state index contributed by atoms with van der Waals surface area (Å²) in [5.74, 6) is -0.160. The van der Waals surface area contributed by atoms with E-state index in [2.05, 4.69) is 26.9 Å². The molecule has 3 rings (SSSR count). The summed E-state index contributed by atoms with van der Waals surface area (Å²) in [6, 6.07) is 8.00. The highest BCUT2D eigenvalue weighted by Crippen LogP contribution is 2.18. The highest BCUT2D eigenvalue weighted by Gasteiger charge is 2.25. The van der Waals surface area contributed by atoms with Gasteiger partial charge in [-0.25, -0.2) is 4.79 Å². The van der Waals surface area contributed by atoms with Gasteiger partial charge >= 0.3 is 5.69 Å².